The van der Waals surface area contributed by atoms with Gasteiger partial charge in [-0.15, -0.1) is 0 Å². The summed E-state index contributed by atoms with van der Waals surface area (Å²) < 4.78 is 1.82. The maximum absolute atomic E-state index is 14.0. The van der Waals surface area contributed by atoms with Crippen LogP contribution in [0.2, 0.25) is 0 Å². The third-order valence-electron chi connectivity index (χ3n) is 6.41. The summed E-state index contributed by atoms with van der Waals surface area (Å²) >= 11 is 0. The highest BCUT2D eigenvalue weighted by Crippen LogP contribution is 2.30. The lowest BCUT2D eigenvalue weighted by Crippen LogP contribution is -2.29. The largest absolute Gasteiger partial charge is 0.344 e. The Balaban J connectivity index is 1.71. The van der Waals surface area contributed by atoms with Crippen molar-refractivity contribution in [2.24, 2.45) is 0 Å². The number of para-hydroxylation sites is 1. The van der Waals surface area contributed by atoms with Crippen molar-refractivity contribution < 1.29 is 0 Å². The molecular weight excluding hydrogens is 418 g/mol. The van der Waals surface area contributed by atoms with E-state index < -0.39 is 0 Å². The highest BCUT2D eigenvalue weighted by atomic mass is 16.1. The maximum Gasteiger partial charge on any atom is 0.262 e. The van der Waals surface area contributed by atoms with Crippen molar-refractivity contribution >= 4 is 22.3 Å². The lowest BCUT2D eigenvalue weighted by molar-refractivity contribution is 0.620. The van der Waals surface area contributed by atoms with Gasteiger partial charge in [-0.25, -0.2) is 4.98 Å². The zero-order valence-corrected chi connectivity index (χ0v) is 19.6. The molecule has 0 aliphatic rings. The van der Waals surface area contributed by atoms with Gasteiger partial charge in [0.15, 0.2) is 0 Å². The van der Waals surface area contributed by atoms with E-state index in [1.165, 1.54) is 5.56 Å². The van der Waals surface area contributed by atoms with E-state index in [4.69, 9.17) is 4.98 Å². The van der Waals surface area contributed by atoms with Crippen molar-refractivity contribution in [3.8, 4) is 0 Å². The third-order valence-corrected chi connectivity index (χ3v) is 6.41. The topological polar surface area (TPSA) is 38.1 Å². The molecule has 0 aliphatic carbocycles. The summed E-state index contributed by atoms with van der Waals surface area (Å²) in [5, 5.41) is 0.611. The normalized spacial score (nSPS) is 11.2. The number of benzene rings is 4. The van der Waals surface area contributed by atoms with Gasteiger partial charge < -0.3 is 4.90 Å². The molecule has 0 radical (unpaired) electrons. The highest BCUT2D eigenvalue weighted by molar-refractivity contribution is 5.83. The summed E-state index contributed by atoms with van der Waals surface area (Å²) in [5.74, 6) is 0.690. The van der Waals surface area contributed by atoms with Gasteiger partial charge in [0.25, 0.3) is 5.56 Å². The van der Waals surface area contributed by atoms with Crippen LogP contribution in [0.3, 0.4) is 0 Å². The fourth-order valence-corrected chi connectivity index (χ4v) is 4.65. The summed E-state index contributed by atoms with van der Waals surface area (Å²) in [6.07, 6.45) is 0. The monoisotopic (exact) mass is 445 g/mol. The average Bonchev–Trinajstić information content (AvgIpc) is 2.87. The smallest absolute Gasteiger partial charge is 0.262 e. The van der Waals surface area contributed by atoms with Gasteiger partial charge in [-0.05, 0) is 54.8 Å². The Morgan fingerprint density at radius 1 is 0.765 bits per heavy atom. The molecule has 4 heteroatoms. The molecule has 168 valence electrons. The fraction of sp³-hybridized carbons (Fsp3) is 0.133. The van der Waals surface area contributed by atoms with E-state index in [2.05, 4.69) is 48.2 Å². The van der Waals surface area contributed by atoms with Gasteiger partial charge in [-0.1, -0.05) is 78.9 Å². The van der Waals surface area contributed by atoms with Crippen LogP contribution in [-0.2, 0) is 0 Å². The zero-order chi connectivity index (χ0) is 23.7. The molecule has 4 nitrogen and oxygen atoms in total. The Kier molecular flexibility index (Phi) is 5.72. The summed E-state index contributed by atoms with van der Waals surface area (Å²) in [6.45, 7) is 4.00. The van der Waals surface area contributed by atoms with Gasteiger partial charge >= 0.3 is 0 Å². The third kappa shape index (κ3) is 3.88. The van der Waals surface area contributed by atoms with Crippen molar-refractivity contribution in [2.75, 3.05) is 11.9 Å². The van der Waals surface area contributed by atoms with Crippen molar-refractivity contribution in [3.63, 3.8) is 0 Å². The summed E-state index contributed by atoms with van der Waals surface area (Å²) in [5.41, 5.74) is 6.00. The SMILES string of the molecule is Cc1ccccc1N(C)c1ccc2nc(C)n(C(c3ccccc3)c3ccccc3)c(=O)c2c1. The first-order valence-corrected chi connectivity index (χ1v) is 11.5. The Hall–Kier alpha value is -4.18. The first-order chi connectivity index (χ1) is 16.5. The molecule has 0 amide bonds. The molecule has 0 saturated carbocycles. The van der Waals surface area contributed by atoms with Crippen LogP contribution in [0, 0.1) is 13.8 Å². The molecule has 1 heterocycles. The van der Waals surface area contributed by atoms with E-state index in [1.54, 1.807) is 0 Å². The molecule has 4 aromatic carbocycles. The second-order valence-corrected chi connectivity index (χ2v) is 8.61. The van der Waals surface area contributed by atoms with Crippen molar-refractivity contribution in [1.82, 2.24) is 9.55 Å². The number of rotatable bonds is 5. The molecule has 0 saturated heterocycles. The standard InChI is InChI=1S/C30H27N3O/c1-21-12-10-11-17-28(21)32(3)25-18-19-27-26(20-25)30(34)33(22(2)31-27)29(23-13-6-4-7-14-23)24-15-8-5-9-16-24/h4-20,29H,1-3H3. The van der Waals surface area contributed by atoms with Gasteiger partial charge in [0.1, 0.15) is 5.82 Å². The molecule has 1 aromatic heterocycles. The van der Waals surface area contributed by atoms with E-state index in [0.29, 0.717) is 16.7 Å². The van der Waals surface area contributed by atoms with E-state index in [-0.39, 0.29) is 11.6 Å². The van der Waals surface area contributed by atoms with Gasteiger partial charge in [0.05, 0.1) is 16.9 Å². The van der Waals surface area contributed by atoms with Crippen LogP contribution in [-0.4, -0.2) is 16.6 Å². The lowest BCUT2D eigenvalue weighted by Gasteiger charge is -2.24. The number of fused-ring (bicyclic) bond motifs is 1. The number of hydrogen-bond acceptors (Lipinski definition) is 3. The fourth-order valence-electron chi connectivity index (χ4n) is 4.65. The minimum atomic E-state index is -0.260. The van der Waals surface area contributed by atoms with Crippen LogP contribution >= 0.6 is 0 Å². The van der Waals surface area contributed by atoms with E-state index in [1.807, 2.05) is 85.3 Å². The summed E-state index contributed by atoms with van der Waals surface area (Å²) in [4.78, 5) is 21.0. The minimum Gasteiger partial charge on any atom is -0.344 e. The molecule has 0 bridgehead atoms. The Morgan fingerprint density at radius 3 is 1.97 bits per heavy atom. The first kappa shape index (κ1) is 21.7. The van der Waals surface area contributed by atoms with Crippen LogP contribution in [0.1, 0.15) is 28.6 Å². The lowest BCUT2D eigenvalue weighted by atomic mass is 9.98. The average molecular weight is 446 g/mol. The Labute approximate surface area is 199 Å². The molecule has 0 spiro atoms. The predicted octanol–water partition coefficient (Wildman–Crippen LogP) is 6.42. The van der Waals surface area contributed by atoms with Gasteiger partial charge in [0.2, 0.25) is 0 Å². The van der Waals surface area contributed by atoms with Crippen LogP contribution < -0.4 is 10.5 Å². The molecule has 5 aromatic rings. The van der Waals surface area contributed by atoms with Crippen LogP contribution in [0.25, 0.3) is 10.9 Å². The molecule has 34 heavy (non-hydrogen) atoms. The van der Waals surface area contributed by atoms with Crippen molar-refractivity contribution in [3.05, 3.63) is 136 Å². The van der Waals surface area contributed by atoms with Gasteiger partial charge in [0, 0.05) is 18.4 Å². The Bertz CT molecular complexity index is 1470. The minimum absolute atomic E-state index is 0.0414. The number of nitrogens with zero attached hydrogens (tertiary/aromatic N) is 3. The molecule has 0 N–H and O–H groups in total. The molecule has 0 aliphatic heterocycles. The van der Waals surface area contributed by atoms with E-state index >= 15 is 0 Å². The molecular formula is C30H27N3O. The maximum atomic E-state index is 14.0. The summed E-state index contributed by atoms with van der Waals surface area (Å²) in [7, 11) is 2.03. The number of anilines is 2. The number of aromatic nitrogens is 2. The van der Waals surface area contributed by atoms with E-state index in [9.17, 15) is 4.79 Å². The predicted molar refractivity (Wildman–Crippen MR) is 140 cm³/mol. The van der Waals surface area contributed by atoms with Crippen molar-refractivity contribution in [2.45, 2.75) is 19.9 Å². The molecule has 0 fully saturated rings. The zero-order valence-electron chi connectivity index (χ0n) is 19.6. The first-order valence-electron chi connectivity index (χ1n) is 11.5. The van der Waals surface area contributed by atoms with Gasteiger partial charge in [-0.2, -0.15) is 0 Å². The number of aryl methyl sites for hydroxylation is 2. The molecule has 0 atom stereocenters. The van der Waals surface area contributed by atoms with E-state index in [0.717, 1.165) is 22.5 Å². The van der Waals surface area contributed by atoms with Crippen LogP contribution in [0.15, 0.2) is 108 Å². The van der Waals surface area contributed by atoms with Gasteiger partial charge in [-0.3, -0.25) is 9.36 Å². The highest BCUT2D eigenvalue weighted by Gasteiger charge is 2.21. The molecule has 0 unspecified atom stereocenters. The molecule has 5 rings (SSSR count). The summed E-state index contributed by atoms with van der Waals surface area (Å²) in [6, 6.07) is 34.2. The second kappa shape index (κ2) is 8.99. The van der Waals surface area contributed by atoms with Crippen LogP contribution in [0.4, 0.5) is 11.4 Å². The number of hydrogen-bond donors (Lipinski definition) is 0. The second-order valence-electron chi connectivity index (χ2n) is 8.61. The Morgan fingerprint density at radius 2 is 1.35 bits per heavy atom. The van der Waals surface area contributed by atoms with Crippen LogP contribution in [0.5, 0.6) is 0 Å². The quantitative estimate of drug-likeness (QED) is 0.313. The van der Waals surface area contributed by atoms with Crippen molar-refractivity contribution in [1.29, 1.82) is 0 Å².